The van der Waals surface area contributed by atoms with Crippen LogP contribution in [0.2, 0.25) is 0 Å². The average Bonchev–Trinajstić information content (AvgIpc) is 2.57. The lowest BCUT2D eigenvalue weighted by Crippen LogP contribution is -2.45. The zero-order chi connectivity index (χ0) is 18.7. The van der Waals surface area contributed by atoms with Crippen molar-refractivity contribution < 1.29 is 27.9 Å². The Morgan fingerprint density at radius 2 is 1.84 bits per heavy atom. The number of likely N-dealkylation sites (N-methyl/N-ethyl adjacent to an activating group) is 1. The first-order valence-electron chi connectivity index (χ1n) is 7.76. The number of piperazine rings is 1. The first-order chi connectivity index (χ1) is 11.8. The van der Waals surface area contributed by atoms with Gasteiger partial charge in [0.1, 0.15) is 17.4 Å². The van der Waals surface area contributed by atoms with E-state index in [2.05, 4.69) is 6.58 Å². The van der Waals surface area contributed by atoms with Gasteiger partial charge < -0.3 is 14.9 Å². The molecule has 1 fully saturated rings. The molecule has 0 amide bonds. The van der Waals surface area contributed by atoms with E-state index in [1.165, 1.54) is 11.0 Å². The summed E-state index contributed by atoms with van der Waals surface area (Å²) in [7, 11) is 1.86. The second kappa shape index (κ2) is 7.69. The number of benzene rings is 1. The molecular formula is C17H19F3N2O3. The number of aliphatic carboxylic acids is 1. The van der Waals surface area contributed by atoms with Crippen LogP contribution in [0.15, 0.2) is 18.7 Å². The Morgan fingerprint density at radius 1 is 1.24 bits per heavy atom. The van der Waals surface area contributed by atoms with E-state index in [1.807, 2.05) is 11.9 Å². The van der Waals surface area contributed by atoms with Gasteiger partial charge in [-0.15, -0.1) is 6.58 Å². The van der Waals surface area contributed by atoms with Gasteiger partial charge in [-0.25, -0.2) is 13.2 Å². The highest BCUT2D eigenvalue weighted by atomic mass is 19.2. The number of nitrogens with zero attached hydrogens (tertiary/aromatic N) is 2. The summed E-state index contributed by atoms with van der Waals surface area (Å²) in [6, 6.07) is 0.577. The minimum absolute atomic E-state index is 0.267. The van der Waals surface area contributed by atoms with Crippen molar-refractivity contribution in [3.05, 3.63) is 41.7 Å². The van der Waals surface area contributed by atoms with Gasteiger partial charge in [-0.05, 0) is 19.5 Å². The molecule has 0 saturated carbocycles. The molecule has 0 bridgehead atoms. The van der Waals surface area contributed by atoms with Gasteiger partial charge in [0.25, 0.3) is 0 Å². The van der Waals surface area contributed by atoms with Crippen molar-refractivity contribution in [1.29, 1.82) is 0 Å². The van der Waals surface area contributed by atoms with E-state index in [0.29, 0.717) is 32.2 Å². The molecule has 136 valence electrons. The van der Waals surface area contributed by atoms with E-state index in [0.717, 1.165) is 0 Å². The van der Waals surface area contributed by atoms with Crippen LogP contribution in [-0.4, -0.2) is 55.0 Å². The van der Waals surface area contributed by atoms with Crippen molar-refractivity contribution in [2.75, 3.05) is 38.1 Å². The first kappa shape index (κ1) is 19.0. The van der Waals surface area contributed by atoms with E-state index in [1.54, 1.807) is 0 Å². The van der Waals surface area contributed by atoms with E-state index in [4.69, 9.17) is 5.11 Å². The number of ketones is 1. The van der Waals surface area contributed by atoms with Crippen LogP contribution >= 0.6 is 0 Å². The van der Waals surface area contributed by atoms with Gasteiger partial charge in [0.2, 0.25) is 0 Å². The van der Waals surface area contributed by atoms with Crippen molar-refractivity contribution in [3.63, 3.8) is 0 Å². The van der Waals surface area contributed by atoms with Crippen LogP contribution < -0.4 is 4.90 Å². The lowest BCUT2D eigenvalue weighted by atomic mass is 9.93. The van der Waals surface area contributed by atoms with Crippen molar-refractivity contribution >= 4 is 17.4 Å². The first-order valence-corrected chi connectivity index (χ1v) is 7.76. The fraction of sp³-hybridized carbons (Fsp3) is 0.412. The van der Waals surface area contributed by atoms with Gasteiger partial charge in [0.15, 0.2) is 17.4 Å². The quantitative estimate of drug-likeness (QED) is 0.367. The third-order valence-electron chi connectivity index (χ3n) is 4.24. The smallest absolute Gasteiger partial charge is 0.314 e. The highest BCUT2D eigenvalue weighted by molar-refractivity contribution is 6.08. The van der Waals surface area contributed by atoms with Crippen LogP contribution in [0, 0.1) is 23.4 Å². The molecule has 1 N–H and O–H groups in total. The number of carboxylic acids is 1. The second-order valence-electron chi connectivity index (χ2n) is 5.95. The van der Waals surface area contributed by atoms with Gasteiger partial charge in [-0.3, -0.25) is 9.59 Å². The number of anilines is 1. The topological polar surface area (TPSA) is 60.9 Å². The van der Waals surface area contributed by atoms with Gasteiger partial charge in [-0.1, -0.05) is 6.08 Å². The number of carboxylic acid groups (broad SMARTS) is 1. The number of Topliss-reactive ketones (excluding diaryl/α,β-unsaturated/α-hetero) is 1. The molecule has 8 heteroatoms. The van der Waals surface area contributed by atoms with Crippen LogP contribution in [0.1, 0.15) is 16.8 Å². The van der Waals surface area contributed by atoms with Crippen molar-refractivity contribution in [3.8, 4) is 0 Å². The van der Waals surface area contributed by atoms with Crippen LogP contribution in [0.3, 0.4) is 0 Å². The lowest BCUT2D eigenvalue weighted by Gasteiger charge is -2.34. The maximum absolute atomic E-state index is 14.4. The van der Waals surface area contributed by atoms with Gasteiger partial charge >= 0.3 is 5.97 Å². The maximum atomic E-state index is 14.4. The monoisotopic (exact) mass is 356 g/mol. The summed E-state index contributed by atoms with van der Waals surface area (Å²) < 4.78 is 43.2. The van der Waals surface area contributed by atoms with E-state index >= 15 is 0 Å². The molecule has 1 aromatic carbocycles. The molecule has 1 aliphatic heterocycles. The number of carbonyl (C=O) groups excluding carboxylic acids is 1. The number of halogens is 3. The Labute approximate surface area is 143 Å². The zero-order valence-electron chi connectivity index (χ0n) is 13.8. The number of carbonyl (C=O) groups is 2. The predicted octanol–water partition coefficient (Wildman–Crippen LogP) is 2.32. The normalized spacial score (nSPS) is 16.6. The third kappa shape index (κ3) is 3.84. The summed E-state index contributed by atoms with van der Waals surface area (Å²) in [5.74, 6) is -8.43. The molecule has 1 unspecified atom stereocenters. The lowest BCUT2D eigenvalue weighted by molar-refractivity contribution is -0.139. The van der Waals surface area contributed by atoms with Crippen molar-refractivity contribution in [2.24, 2.45) is 5.92 Å². The molecule has 5 nitrogen and oxygen atoms in total. The van der Waals surface area contributed by atoms with Crippen LogP contribution in [-0.2, 0) is 4.79 Å². The Kier molecular flexibility index (Phi) is 5.84. The van der Waals surface area contributed by atoms with Crippen LogP contribution in [0.4, 0.5) is 18.9 Å². The average molecular weight is 356 g/mol. The fourth-order valence-corrected chi connectivity index (χ4v) is 2.76. The van der Waals surface area contributed by atoms with E-state index < -0.39 is 46.4 Å². The molecule has 0 aromatic heterocycles. The molecule has 1 aromatic rings. The predicted molar refractivity (Wildman–Crippen MR) is 86.3 cm³/mol. The highest BCUT2D eigenvalue weighted by Crippen LogP contribution is 2.30. The summed E-state index contributed by atoms with van der Waals surface area (Å²) in [5.41, 5.74) is -1.43. The van der Waals surface area contributed by atoms with Crippen molar-refractivity contribution in [1.82, 2.24) is 4.90 Å². The fourth-order valence-electron chi connectivity index (χ4n) is 2.76. The molecule has 0 spiro atoms. The minimum atomic E-state index is -1.64. The molecule has 2 rings (SSSR count). The van der Waals surface area contributed by atoms with E-state index in [9.17, 15) is 22.8 Å². The van der Waals surface area contributed by atoms with Crippen LogP contribution in [0.25, 0.3) is 0 Å². The Hall–Kier alpha value is -2.35. The second-order valence-corrected chi connectivity index (χ2v) is 5.95. The molecule has 1 heterocycles. The number of rotatable bonds is 6. The minimum Gasteiger partial charge on any atom is -0.481 e. The van der Waals surface area contributed by atoms with Crippen LogP contribution in [0.5, 0.6) is 0 Å². The molecular weight excluding hydrogens is 337 g/mol. The zero-order valence-corrected chi connectivity index (χ0v) is 13.8. The number of allylic oxidation sites excluding steroid dienone is 1. The van der Waals surface area contributed by atoms with Crippen molar-refractivity contribution in [2.45, 2.75) is 6.42 Å². The Balaban J connectivity index is 2.41. The maximum Gasteiger partial charge on any atom is 0.314 e. The third-order valence-corrected chi connectivity index (χ3v) is 4.24. The highest BCUT2D eigenvalue weighted by Gasteiger charge is 2.32. The molecule has 25 heavy (non-hydrogen) atoms. The Morgan fingerprint density at radius 3 is 2.36 bits per heavy atom. The molecule has 0 aliphatic carbocycles. The van der Waals surface area contributed by atoms with E-state index in [-0.39, 0.29) is 6.42 Å². The molecule has 1 atom stereocenters. The SMILES string of the molecule is C=CCC(C(=O)O)C(=O)c1cc(F)c(N2CCN(C)CC2)c(F)c1F. The standard InChI is InChI=1S/C17H19F3N2O3/c1-3-4-10(17(24)25)16(23)11-9-12(18)15(14(20)13(11)19)22-7-5-21(2)6-8-22/h3,9-10H,1,4-8H2,2H3,(H,24,25). The summed E-state index contributed by atoms with van der Waals surface area (Å²) >= 11 is 0. The summed E-state index contributed by atoms with van der Waals surface area (Å²) in [5, 5.41) is 9.06. The van der Waals surface area contributed by atoms with Gasteiger partial charge in [0.05, 0.1) is 5.56 Å². The summed E-state index contributed by atoms with van der Waals surface area (Å²) in [4.78, 5) is 26.7. The summed E-state index contributed by atoms with van der Waals surface area (Å²) in [6.07, 6.45) is 0.914. The largest absolute Gasteiger partial charge is 0.481 e. The number of hydrogen-bond acceptors (Lipinski definition) is 4. The van der Waals surface area contributed by atoms with Gasteiger partial charge in [-0.2, -0.15) is 0 Å². The van der Waals surface area contributed by atoms with Gasteiger partial charge in [0, 0.05) is 26.2 Å². The molecule has 0 radical (unpaired) electrons. The Bertz CT molecular complexity index is 701. The summed E-state index contributed by atoms with van der Waals surface area (Å²) in [6.45, 7) is 5.07. The molecule has 1 saturated heterocycles. The number of hydrogen-bond donors (Lipinski definition) is 1. The molecule has 1 aliphatic rings.